The number of aryl methyl sites for hydroxylation is 1. The van der Waals surface area contributed by atoms with Gasteiger partial charge in [-0.15, -0.1) is 0 Å². The molecule has 2 nitrogen and oxygen atoms in total. The van der Waals surface area contributed by atoms with Gasteiger partial charge in [0.25, 0.3) is 0 Å². The molecule has 0 bridgehead atoms. The molecular weight excluding hydrogens is 280 g/mol. The first kappa shape index (κ1) is 12.9. The van der Waals surface area contributed by atoms with Crippen LogP contribution in [0.2, 0.25) is 5.02 Å². The molecule has 3 heteroatoms. The molecule has 0 aliphatic carbocycles. The lowest BCUT2D eigenvalue weighted by molar-refractivity contribution is 0.560. The van der Waals surface area contributed by atoms with E-state index in [4.69, 9.17) is 11.6 Å². The van der Waals surface area contributed by atoms with Gasteiger partial charge in [0, 0.05) is 28.2 Å². The molecule has 0 saturated carbocycles. The summed E-state index contributed by atoms with van der Waals surface area (Å²) in [5.74, 6) is 0. The van der Waals surface area contributed by atoms with Crippen molar-refractivity contribution in [3.8, 4) is 0 Å². The average molecular weight is 297 g/mol. The Kier molecular flexibility index (Phi) is 3.02. The Labute approximate surface area is 129 Å². The van der Waals surface area contributed by atoms with Gasteiger partial charge < -0.3 is 10.3 Å². The van der Waals surface area contributed by atoms with Gasteiger partial charge in [-0.3, -0.25) is 0 Å². The van der Waals surface area contributed by atoms with Crippen LogP contribution < -0.4 is 5.32 Å². The normalized spacial score (nSPS) is 17.9. The van der Waals surface area contributed by atoms with E-state index in [0.29, 0.717) is 0 Å². The molecule has 1 aliphatic rings. The minimum absolute atomic E-state index is 0.237. The van der Waals surface area contributed by atoms with Crippen molar-refractivity contribution in [2.24, 2.45) is 0 Å². The van der Waals surface area contributed by atoms with Crippen molar-refractivity contribution in [2.45, 2.75) is 19.4 Å². The summed E-state index contributed by atoms with van der Waals surface area (Å²) in [4.78, 5) is 3.59. The molecule has 0 spiro atoms. The molecule has 0 fully saturated rings. The topological polar surface area (TPSA) is 27.8 Å². The van der Waals surface area contributed by atoms with Crippen molar-refractivity contribution in [1.82, 2.24) is 10.3 Å². The van der Waals surface area contributed by atoms with Gasteiger partial charge in [-0.1, -0.05) is 41.4 Å². The number of aromatic amines is 1. The first-order valence-electron chi connectivity index (χ1n) is 7.32. The molecular formula is C18H17ClN2. The summed E-state index contributed by atoms with van der Waals surface area (Å²) in [6.07, 6.45) is 1.04. The van der Waals surface area contributed by atoms with E-state index in [-0.39, 0.29) is 6.04 Å². The maximum Gasteiger partial charge on any atom is 0.0732 e. The molecule has 0 amide bonds. The van der Waals surface area contributed by atoms with E-state index in [1.54, 1.807) is 0 Å². The first-order valence-corrected chi connectivity index (χ1v) is 7.70. The zero-order valence-electron chi connectivity index (χ0n) is 11.9. The Balaban J connectivity index is 1.88. The van der Waals surface area contributed by atoms with E-state index in [1.165, 1.54) is 33.3 Å². The number of hydrogen-bond acceptors (Lipinski definition) is 1. The SMILES string of the molecule is Cc1ccc(C2NCCc3c2[nH]c2ccc(Cl)cc32)cc1. The number of benzene rings is 2. The molecule has 2 N–H and O–H groups in total. The van der Waals surface area contributed by atoms with Crippen molar-refractivity contribution in [2.75, 3.05) is 6.54 Å². The quantitative estimate of drug-likeness (QED) is 0.686. The van der Waals surface area contributed by atoms with Gasteiger partial charge in [0.15, 0.2) is 0 Å². The van der Waals surface area contributed by atoms with Crippen molar-refractivity contribution < 1.29 is 0 Å². The van der Waals surface area contributed by atoms with Gasteiger partial charge in [0.05, 0.1) is 6.04 Å². The first-order chi connectivity index (χ1) is 10.2. The van der Waals surface area contributed by atoms with Crippen molar-refractivity contribution in [3.05, 3.63) is 69.9 Å². The van der Waals surface area contributed by atoms with Crippen LogP contribution >= 0.6 is 11.6 Å². The van der Waals surface area contributed by atoms with Crippen LogP contribution in [0.1, 0.15) is 28.4 Å². The maximum absolute atomic E-state index is 6.16. The van der Waals surface area contributed by atoms with Crippen LogP contribution in [-0.4, -0.2) is 11.5 Å². The third-order valence-corrected chi connectivity index (χ3v) is 4.56. The fourth-order valence-corrected chi connectivity index (χ4v) is 3.42. The second-order valence-corrected chi connectivity index (χ2v) is 6.19. The zero-order valence-corrected chi connectivity index (χ0v) is 12.7. The number of rotatable bonds is 1. The largest absolute Gasteiger partial charge is 0.357 e. The van der Waals surface area contributed by atoms with Crippen LogP contribution in [0.3, 0.4) is 0 Å². The van der Waals surface area contributed by atoms with E-state index in [2.05, 4.69) is 53.6 Å². The fourth-order valence-electron chi connectivity index (χ4n) is 3.24. The van der Waals surface area contributed by atoms with Crippen LogP contribution in [0.15, 0.2) is 42.5 Å². The molecule has 1 unspecified atom stereocenters. The van der Waals surface area contributed by atoms with Crippen LogP contribution in [0.25, 0.3) is 10.9 Å². The smallest absolute Gasteiger partial charge is 0.0732 e. The third kappa shape index (κ3) is 2.15. The van der Waals surface area contributed by atoms with Gasteiger partial charge in [-0.25, -0.2) is 0 Å². The Hall–Kier alpha value is -1.77. The Morgan fingerprint density at radius 1 is 1.10 bits per heavy atom. The molecule has 1 atom stereocenters. The molecule has 2 heterocycles. The number of fused-ring (bicyclic) bond motifs is 3. The number of nitrogens with one attached hydrogen (secondary N) is 2. The lowest BCUT2D eigenvalue weighted by atomic mass is 9.94. The second-order valence-electron chi connectivity index (χ2n) is 5.75. The van der Waals surface area contributed by atoms with Gasteiger partial charge in [0.2, 0.25) is 0 Å². The summed E-state index contributed by atoms with van der Waals surface area (Å²) in [5.41, 5.74) is 6.45. The Morgan fingerprint density at radius 2 is 1.90 bits per heavy atom. The minimum atomic E-state index is 0.237. The highest BCUT2D eigenvalue weighted by molar-refractivity contribution is 6.31. The van der Waals surface area contributed by atoms with Crippen LogP contribution in [-0.2, 0) is 6.42 Å². The highest BCUT2D eigenvalue weighted by Gasteiger charge is 2.25. The lowest BCUT2D eigenvalue weighted by Crippen LogP contribution is -2.30. The zero-order chi connectivity index (χ0) is 14.4. The van der Waals surface area contributed by atoms with Crippen LogP contribution in [0.4, 0.5) is 0 Å². The summed E-state index contributed by atoms with van der Waals surface area (Å²) in [6, 6.07) is 15.1. The summed E-state index contributed by atoms with van der Waals surface area (Å²) >= 11 is 6.16. The van der Waals surface area contributed by atoms with Gasteiger partial charge in [-0.05, 0) is 42.7 Å². The highest BCUT2D eigenvalue weighted by Crippen LogP contribution is 2.34. The Bertz CT molecular complexity index is 802. The molecule has 3 aromatic rings. The molecule has 106 valence electrons. The van der Waals surface area contributed by atoms with E-state index >= 15 is 0 Å². The third-order valence-electron chi connectivity index (χ3n) is 4.32. The number of H-pyrrole nitrogens is 1. The van der Waals surface area contributed by atoms with Gasteiger partial charge in [-0.2, -0.15) is 0 Å². The van der Waals surface area contributed by atoms with Crippen LogP contribution in [0.5, 0.6) is 0 Å². The number of hydrogen-bond donors (Lipinski definition) is 2. The molecule has 21 heavy (non-hydrogen) atoms. The molecule has 1 aliphatic heterocycles. The summed E-state index contributed by atoms with van der Waals surface area (Å²) in [7, 11) is 0. The van der Waals surface area contributed by atoms with Crippen molar-refractivity contribution in [1.29, 1.82) is 0 Å². The van der Waals surface area contributed by atoms with E-state index in [9.17, 15) is 0 Å². The fraction of sp³-hybridized carbons (Fsp3) is 0.222. The van der Waals surface area contributed by atoms with Crippen molar-refractivity contribution in [3.63, 3.8) is 0 Å². The highest BCUT2D eigenvalue weighted by atomic mass is 35.5. The van der Waals surface area contributed by atoms with E-state index < -0.39 is 0 Å². The summed E-state index contributed by atoms with van der Waals surface area (Å²) < 4.78 is 0. The number of halogens is 1. The minimum Gasteiger partial charge on any atom is -0.357 e. The predicted molar refractivity (Wildman–Crippen MR) is 88.0 cm³/mol. The predicted octanol–water partition coefficient (Wildman–Crippen LogP) is 4.36. The Morgan fingerprint density at radius 3 is 2.71 bits per heavy atom. The van der Waals surface area contributed by atoms with Crippen molar-refractivity contribution >= 4 is 22.5 Å². The molecule has 0 radical (unpaired) electrons. The molecule has 1 aromatic heterocycles. The summed E-state index contributed by atoms with van der Waals surface area (Å²) in [5, 5.41) is 5.68. The average Bonchev–Trinajstić information content (AvgIpc) is 2.86. The molecule has 4 rings (SSSR count). The van der Waals surface area contributed by atoms with Gasteiger partial charge in [0.1, 0.15) is 0 Å². The lowest BCUT2D eigenvalue weighted by Gasteiger charge is -2.25. The summed E-state index contributed by atoms with van der Waals surface area (Å²) in [6.45, 7) is 3.11. The number of aromatic nitrogens is 1. The van der Waals surface area contributed by atoms with Gasteiger partial charge >= 0.3 is 0 Å². The molecule has 2 aromatic carbocycles. The van der Waals surface area contributed by atoms with Crippen LogP contribution in [0, 0.1) is 6.92 Å². The van der Waals surface area contributed by atoms with E-state index in [0.717, 1.165) is 18.0 Å². The second kappa shape index (κ2) is 4.90. The van der Waals surface area contributed by atoms with E-state index in [1.807, 2.05) is 6.07 Å². The maximum atomic E-state index is 6.16. The monoisotopic (exact) mass is 296 g/mol. The standard InChI is InChI=1S/C18H17ClN2/c1-11-2-4-12(5-3-11)17-18-14(8-9-20-17)15-10-13(19)6-7-16(15)21-18/h2-7,10,17,20-21H,8-9H2,1H3. The molecule has 0 saturated heterocycles.